The molecular formula is C21H32ClN3O2. The van der Waals surface area contributed by atoms with Gasteiger partial charge in [0.05, 0.1) is 24.3 Å². The van der Waals surface area contributed by atoms with Crippen molar-refractivity contribution in [1.82, 2.24) is 10.3 Å². The van der Waals surface area contributed by atoms with Crippen molar-refractivity contribution in [3.8, 4) is 11.5 Å². The molecule has 2 unspecified atom stereocenters. The molecule has 2 aliphatic rings. The maximum absolute atomic E-state index is 6.61. The summed E-state index contributed by atoms with van der Waals surface area (Å²) >= 11 is 6.61. The molecule has 2 heterocycles. The molecule has 5 nitrogen and oxygen atoms in total. The number of halogens is 1. The second kappa shape index (κ2) is 9.16. The van der Waals surface area contributed by atoms with E-state index in [9.17, 15) is 0 Å². The Labute approximate surface area is 168 Å². The first-order valence-electron chi connectivity index (χ1n) is 10.2. The minimum atomic E-state index is 0.135. The van der Waals surface area contributed by atoms with Crippen molar-refractivity contribution in [3.05, 3.63) is 22.7 Å². The number of hydrazone groups is 1. The molecule has 6 heteroatoms. The molecule has 1 aromatic carbocycles. The number of hydrogen-bond acceptors (Lipinski definition) is 5. The van der Waals surface area contributed by atoms with Crippen molar-refractivity contribution in [2.45, 2.75) is 46.6 Å². The van der Waals surface area contributed by atoms with Crippen molar-refractivity contribution < 1.29 is 9.47 Å². The summed E-state index contributed by atoms with van der Waals surface area (Å²) in [5.41, 5.74) is 5.74. The van der Waals surface area contributed by atoms with Crippen LogP contribution in [0.25, 0.3) is 0 Å². The summed E-state index contributed by atoms with van der Waals surface area (Å²) in [7, 11) is 0. The van der Waals surface area contributed by atoms with Crippen LogP contribution in [0.3, 0.4) is 0 Å². The summed E-state index contributed by atoms with van der Waals surface area (Å²) in [5, 5.41) is 5.23. The van der Waals surface area contributed by atoms with E-state index in [4.69, 9.17) is 21.1 Å². The van der Waals surface area contributed by atoms with Gasteiger partial charge >= 0.3 is 0 Å². The van der Waals surface area contributed by atoms with Crippen molar-refractivity contribution in [1.29, 1.82) is 0 Å². The second-order valence-electron chi connectivity index (χ2n) is 7.83. The van der Waals surface area contributed by atoms with E-state index in [1.54, 1.807) is 0 Å². The fraction of sp³-hybridized carbons (Fsp3) is 0.667. The summed E-state index contributed by atoms with van der Waals surface area (Å²) in [6.07, 6.45) is 2.22. The maximum atomic E-state index is 6.61. The lowest BCUT2D eigenvalue weighted by Gasteiger charge is -2.33. The standard InChI is InChI=1S/C21H32ClN3O2/c1-5-8-25-9-7-18-16(12-25)20(24-23-18)15-10-17(22)21(27-13-14(3)4)19(11-15)26-6-2/h10-11,14,16,20,24H,5-9,12-13H2,1-4H3. The van der Waals surface area contributed by atoms with Gasteiger partial charge in [-0.1, -0.05) is 32.4 Å². The zero-order valence-corrected chi connectivity index (χ0v) is 17.7. The second-order valence-corrected chi connectivity index (χ2v) is 8.24. The highest BCUT2D eigenvalue weighted by molar-refractivity contribution is 6.32. The first kappa shape index (κ1) is 20.3. The number of fused-ring (bicyclic) bond motifs is 1. The Morgan fingerprint density at radius 3 is 2.81 bits per heavy atom. The Morgan fingerprint density at radius 2 is 2.11 bits per heavy atom. The molecule has 2 atom stereocenters. The first-order chi connectivity index (χ1) is 13.0. The average molecular weight is 394 g/mol. The third-order valence-corrected chi connectivity index (χ3v) is 5.39. The number of benzene rings is 1. The van der Waals surface area contributed by atoms with E-state index in [1.807, 2.05) is 13.0 Å². The molecule has 0 aromatic heterocycles. The van der Waals surface area contributed by atoms with Gasteiger partial charge < -0.3 is 19.8 Å². The lowest BCUT2D eigenvalue weighted by atomic mass is 9.86. The predicted molar refractivity (Wildman–Crippen MR) is 111 cm³/mol. The summed E-state index contributed by atoms with van der Waals surface area (Å²) in [5.74, 6) is 2.18. The molecule has 2 aliphatic heterocycles. The van der Waals surface area contributed by atoms with Crippen LogP contribution in [0.2, 0.25) is 5.02 Å². The van der Waals surface area contributed by atoms with E-state index in [0.29, 0.717) is 35.8 Å². The monoisotopic (exact) mass is 393 g/mol. The summed E-state index contributed by atoms with van der Waals surface area (Å²) in [6, 6.07) is 4.21. The molecule has 1 saturated heterocycles. The Balaban J connectivity index is 1.83. The molecule has 0 aliphatic carbocycles. The lowest BCUT2D eigenvalue weighted by Crippen LogP contribution is -2.42. The van der Waals surface area contributed by atoms with Crippen LogP contribution in [-0.2, 0) is 0 Å². The van der Waals surface area contributed by atoms with Gasteiger partial charge in [0, 0.05) is 31.1 Å². The van der Waals surface area contributed by atoms with Crippen molar-refractivity contribution >= 4 is 17.3 Å². The molecule has 3 rings (SSSR count). The molecule has 27 heavy (non-hydrogen) atoms. The number of nitrogens with one attached hydrogen (secondary N) is 1. The molecule has 1 aromatic rings. The molecule has 0 amide bonds. The van der Waals surface area contributed by atoms with Gasteiger partial charge in [0.2, 0.25) is 0 Å². The highest BCUT2D eigenvalue weighted by Gasteiger charge is 2.37. The maximum Gasteiger partial charge on any atom is 0.179 e. The van der Waals surface area contributed by atoms with E-state index in [-0.39, 0.29) is 6.04 Å². The van der Waals surface area contributed by atoms with Crippen LogP contribution in [0.5, 0.6) is 11.5 Å². The van der Waals surface area contributed by atoms with E-state index < -0.39 is 0 Å². The van der Waals surface area contributed by atoms with Crippen molar-refractivity contribution in [3.63, 3.8) is 0 Å². The summed E-state index contributed by atoms with van der Waals surface area (Å²) < 4.78 is 11.8. The molecule has 0 saturated carbocycles. The van der Waals surface area contributed by atoms with Gasteiger partial charge in [-0.3, -0.25) is 0 Å². The van der Waals surface area contributed by atoms with Gasteiger partial charge in [-0.25, -0.2) is 0 Å². The van der Waals surface area contributed by atoms with E-state index in [2.05, 4.69) is 42.3 Å². The van der Waals surface area contributed by atoms with Gasteiger partial charge in [0.25, 0.3) is 0 Å². The highest BCUT2D eigenvalue weighted by atomic mass is 35.5. The van der Waals surface area contributed by atoms with Gasteiger partial charge in [-0.15, -0.1) is 0 Å². The summed E-state index contributed by atoms with van der Waals surface area (Å²) in [4.78, 5) is 2.54. The van der Waals surface area contributed by atoms with Gasteiger partial charge in [0.15, 0.2) is 11.5 Å². The van der Waals surface area contributed by atoms with Crippen molar-refractivity contribution in [2.75, 3.05) is 32.8 Å². The molecule has 0 radical (unpaired) electrons. The fourth-order valence-electron chi connectivity index (χ4n) is 3.86. The summed E-state index contributed by atoms with van der Waals surface area (Å²) in [6.45, 7) is 12.9. The molecule has 0 spiro atoms. The zero-order chi connectivity index (χ0) is 19.4. The minimum absolute atomic E-state index is 0.135. The van der Waals surface area contributed by atoms with Crippen molar-refractivity contribution in [2.24, 2.45) is 16.9 Å². The zero-order valence-electron chi connectivity index (χ0n) is 16.9. The highest BCUT2D eigenvalue weighted by Crippen LogP contribution is 2.41. The number of piperidine rings is 1. The molecule has 0 bridgehead atoms. The quantitative estimate of drug-likeness (QED) is 0.706. The molecule has 1 fully saturated rings. The van der Waals surface area contributed by atoms with Gasteiger partial charge in [-0.05, 0) is 43.5 Å². The third kappa shape index (κ3) is 4.69. The minimum Gasteiger partial charge on any atom is -0.490 e. The Bertz CT molecular complexity index is 678. The van der Waals surface area contributed by atoms with Crippen LogP contribution in [-0.4, -0.2) is 43.5 Å². The fourth-order valence-corrected chi connectivity index (χ4v) is 4.13. The number of hydrogen-bond donors (Lipinski definition) is 1. The number of rotatable bonds is 8. The van der Waals surface area contributed by atoms with E-state index in [0.717, 1.165) is 37.4 Å². The average Bonchev–Trinajstić information content (AvgIpc) is 3.04. The Hall–Kier alpha value is -1.46. The number of nitrogens with zero attached hydrogens (tertiary/aromatic N) is 2. The largest absolute Gasteiger partial charge is 0.490 e. The topological polar surface area (TPSA) is 46.1 Å². The van der Waals surface area contributed by atoms with Crippen LogP contribution in [0.1, 0.15) is 52.1 Å². The smallest absolute Gasteiger partial charge is 0.179 e. The number of ether oxygens (including phenoxy) is 2. The van der Waals surface area contributed by atoms with E-state index in [1.165, 1.54) is 12.1 Å². The van der Waals surface area contributed by atoms with Crippen LogP contribution in [0.15, 0.2) is 17.2 Å². The number of likely N-dealkylation sites (tertiary alicyclic amines) is 1. The predicted octanol–water partition coefficient (Wildman–Crippen LogP) is 4.51. The van der Waals surface area contributed by atoms with Gasteiger partial charge in [-0.2, -0.15) is 5.10 Å². The normalized spacial score (nSPS) is 22.4. The third-order valence-electron chi connectivity index (χ3n) is 5.11. The Morgan fingerprint density at radius 1 is 1.30 bits per heavy atom. The SMILES string of the molecule is CCCN1CCC2=NNC(c3cc(Cl)c(OCC(C)C)c(OCC)c3)C2C1. The van der Waals surface area contributed by atoms with Crippen LogP contribution in [0.4, 0.5) is 0 Å². The molecule has 150 valence electrons. The first-order valence-corrected chi connectivity index (χ1v) is 10.5. The lowest BCUT2D eigenvalue weighted by molar-refractivity contribution is 0.227. The molecular weight excluding hydrogens is 362 g/mol. The molecule has 1 N–H and O–H groups in total. The van der Waals surface area contributed by atoms with Crippen LogP contribution >= 0.6 is 11.6 Å². The van der Waals surface area contributed by atoms with Crippen LogP contribution in [0, 0.1) is 11.8 Å². The van der Waals surface area contributed by atoms with Gasteiger partial charge in [0.1, 0.15) is 0 Å². The van der Waals surface area contributed by atoms with E-state index >= 15 is 0 Å². The van der Waals surface area contributed by atoms with Crippen LogP contribution < -0.4 is 14.9 Å². The Kier molecular flexibility index (Phi) is 6.88.